The molecule has 0 aliphatic heterocycles. The average Bonchev–Trinajstić information content (AvgIpc) is 2.94. The quantitative estimate of drug-likeness (QED) is 0.841. The summed E-state index contributed by atoms with van der Waals surface area (Å²) in [4.78, 5) is 13.1. The molecule has 1 aliphatic rings. The number of amides is 1. The third-order valence-electron chi connectivity index (χ3n) is 4.21. The molecule has 2 N–H and O–H groups in total. The lowest BCUT2D eigenvalue weighted by molar-refractivity contribution is -0.120. The number of nitrogens with one attached hydrogen (secondary N) is 1. The molecule has 118 valence electrons. The van der Waals surface area contributed by atoms with Crippen LogP contribution in [0.1, 0.15) is 44.4 Å². The van der Waals surface area contributed by atoms with Crippen molar-refractivity contribution < 1.29 is 9.90 Å². The topological polar surface area (TPSA) is 49.3 Å². The lowest BCUT2D eigenvalue weighted by atomic mass is 9.71. The van der Waals surface area contributed by atoms with Crippen molar-refractivity contribution in [1.82, 2.24) is 5.32 Å². The molecule has 2 rings (SSSR count). The highest BCUT2D eigenvalue weighted by Crippen LogP contribution is 2.39. The molecular weight excluding hydrogens is 302 g/mol. The van der Waals surface area contributed by atoms with Gasteiger partial charge in [0, 0.05) is 17.2 Å². The smallest absolute Gasteiger partial charge is 0.230 e. The zero-order valence-corrected chi connectivity index (χ0v) is 14.5. The van der Waals surface area contributed by atoms with Gasteiger partial charge in [0.15, 0.2) is 0 Å². The molecule has 21 heavy (non-hydrogen) atoms. The van der Waals surface area contributed by atoms with E-state index in [9.17, 15) is 9.90 Å². The van der Waals surface area contributed by atoms with Crippen LogP contribution in [0.25, 0.3) is 0 Å². The van der Waals surface area contributed by atoms with Crippen molar-refractivity contribution in [2.75, 3.05) is 12.3 Å². The number of carbonyl (C=O) groups excluding carboxylic acids is 1. The van der Waals surface area contributed by atoms with Crippen molar-refractivity contribution in [2.45, 2.75) is 50.9 Å². The number of thiophene rings is 1. The van der Waals surface area contributed by atoms with Crippen LogP contribution < -0.4 is 5.32 Å². The van der Waals surface area contributed by atoms with Crippen molar-refractivity contribution in [3.63, 3.8) is 0 Å². The summed E-state index contributed by atoms with van der Waals surface area (Å²) in [5.41, 5.74) is -0.379. The summed E-state index contributed by atoms with van der Waals surface area (Å²) >= 11 is 3.34. The van der Waals surface area contributed by atoms with Gasteiger partial charge in [-0.1, -0.05) is 19.9 Å². The highest BCUT2D eigenvalue weighted by atomic mass is 32.2. The number of aliphatic hydroxyl groups is 1. The Morgan fingerprint density at radius 2 is 2.10 bits per heavy atom. The molecule has 0 aromatic carbocycles. The van der Waals surface area contributed by atoms with Crippen LogP contribution in [-0.4, -0.2) is 28.9 Å². The number of rotatable bonds is 6. The predicted molar refractivity (Wildman–Crippen MR) is 90.7 cm³/mol. The Labute approximate surface area is 135 Å². The summed E-state index contributed by atoms with van der Waals surface area (Å²) < 4.78 is 0. The van der Waals surface area contributed by atoms with Crippen LogP contribution in [0, 0.1) is 5.41 Å². The maximum Gasteiger partial charge on any atom is 0.230 e. The number of hydrogen-bond donors (Lipinski definition) is 2. The maximum absolute atomic E-state index is 11.8. The molecule has 0 bridgehead atoms. The Kier molecular flexibility index (Phi) is 5.74. The first-order valence-electron chi connectivity index (χ1n) is 7.48. The predicted octanol–water partition coefficient (Wildman–Crippen LogP) is 3.43. The van der Waals surface area contributed by atoms with E-state index in [2.05, 4.69) is 30.6 Å². The van der Waals surface area contributed by atoms with Crippen LogP contribution >= 0.6 is 23.1 Å². The second kappa shape index (κ2) is 7.16. The van der Waals surface area contributed by atoms with Gasteiger partial charge in [0.05, 0.1) is 11.4 Å². The van der Waals surface area contributed by atoms with E-state index < -0.39 is 5.60 Å². The Hall–Kier alpha value is -0.520. The first kappa shape index (κ1) is 16.8. The van der Waals surface area contributed by atoms with Crippen LogP contribution in [0.2, 0.25) is 0 Å². The number of hydrogen-bond acceptors (Lipinski definition) is 4. The molecule has 1 aromatic rings. The molecule has 0 atom stereocenters. The van der Waals surface area contributed by atoms with Crippen molar-refractivity contribution in [3.8, 4) is 0 Å². The highest BCUT2D eigenvalue weighted by Gasteiger charge is 2.36. The maximum atomic E-state index is 11.8. The molecule has 1 saturated carbocycles. The van der Waals surface area contributed by atoms with Crippen LogP contribution in [0.15, 0.2) is 17.5 Å². The Balaban J connectivity index is 1.64. The molecular formula is C16H25NO2S2. The van der Waals surface area contributed by atoms with Crippen molar-refractivity contribution >= 4 is 29.0 Å². The summed E-state index contributed by atoms with van der Waals surface area (Å²) in [6.07, 6.45) is 3.60. The van der Waals surface area contributed by atoms with Gasteiger partial charge in [-0.05, 0) is 42.5 Å². The summed E-state index contributed by atoms with van der Waals surface area (Å²) in [6, 6.07) is 4.11. The van der Waals surface area contributed by atoms with Gasteiger partial charge in [-0.2, -0.15) is 0 Å². The van der Waals surface area contributed by atoms with E-state index in [1.807, 2.05) is 6.07 Å². The lowest BCUT2D eigenvalue weighted by Crippen LogP contribution is -2.47. The van der Waals surface area contributed by atoms with E-state index in [4.69, 9.17) is 0 Å². The standard InChI is InChI=1S/C16H25NO2S2/c1-15(2)5-7-16(19,8-6-15)12-17-14(18)11-20-10-13-4-3-9-21-13/h3-4,9,19H,5-8,10-12H2,1-2H3,(H,17,18). The number of carbonyl (C=O) groups is 1. The van der Waals surface area contributed by atoms with Gasteiger partial charge in [-0.15, -0.1) is 23.1 Å². The molecule has 1 fully saturated rings. The molecule has 1 aliphatic carbocycles. The summed E-state index contributed by atoms with van der Waals surface area (Å²) in [7, 11) is 0. The van der Waals surface area contributed by atoms with E-state index in [0.717, 1.165) is 31.4 Å². The van der Waals surface area contributed by atoms with Crippen molar-refractivity contribution in [2.24, 2.45) is 5.41 Å². The van der Waals surface area contributed by atoms with E-state index >= 15 is 0 Å². The van der Waals surface area contributed by atoms with Crippen molar-refractivity contribution in [3.05, 3.63) is 22.4 Å². The van der Waals surface area contributed by atoms with E-state index in [-0.39, 0.29) is 5.91 Å². The van der Waals surface area contributed by atoms with E-state index in [0.29, 0.717) is 17.7 Å². The Morgan fingerprint density at radius 3 is 2.71 bits per heavy atom. The second-order valence-corrected chi connectivity index (χ2v) is 8.76. The van der Waals surface area contributed by atoms with Gasteiger partial charge in [-0.25, -0.2) is 0 Å². The summed E-state index contributed by atoms with van der Waals surface area (Å²) in [6.45, 7) is 4.88. The summed E-state index contributed by atoms with van der Waals surface area (Å²) in [5.74, 6) is 1.36. The molecule has 3 nitrogen and oxygen atoms in total. The van der Waals surface area contributed by atoms with Gasteiger partial charge < -0.3 is 10.4 Å². The first-order valence-corrected chi connectivity index (χ1v) is 9.51. The van der Waals surface area contributed by atoms with Crippen LogP contribution in [0.4, 0.5) is 0 Å². The molecule has 5 heteroatoms. The van der Waals surface area contributed by atoms with Crippen LogP contribution in [-0.2, 0) is 10.5 Å². The zero-order chi connectivity index (χ0) is 15.3. The fourth-order valence-corrected chi connectivity index (χ4v) is 4.22. The fraction of sp³-hybridized carbons (Fsp3) is 0.688. The minimum atomic E-state index is -0.705. The number of thioether (sulfide) groups is 1. The van der Waals surface area contributed by atoms with Gasteiger partial charge in [0.25, 0.3) is 0 Å². The second-order valence-electron chi connectivity index (χ2n) is 6.74. The molecule has 0 radical (unpaired) electrons. The summed E-state index contributed by atoms with van der Waals surface area (Å²) in [5, 5.41) is 15.5. The largest absolute Gasteiger partial charge is 0.388 e. The highest BCUT2D eigenvalue weighted by molar-refractivity contribution is 7.99. The normalized spacial score (nSPS) is 20.1. The SMILES string of the molecule is CC1(C)CCC(O)(CNC(=O)CSCc2cccs2)CC1. The fourth-order valence-electron chi connectivity index (χ4n) is 2.52. The molecule has 0 spiro atoms. The van der Waals surface area contributed by atoms with Gasteiger partial charge in [0.1, 0.15) is 0 Å². The van der Waals surface area contributed by atoms with Crippen molar-refractivity contribution in [1.29, 1.82) is 0 Å². The van der Waals surface area contributed by atoms with Crippen LogP contribution in [0.3, 0.4) is 0 Å². The van der Waals surface area contributed by atoms with E-state index in [1.54, 1.807) is 23.1 Å². The average molecular weight is 328 g/mol. The minimum absolute atomic E-state index is 0.0230. The molecule has 0 saturated heterocycles. The minimum Gasteiger partial charge on any atom is -0.388 e. The third-order valence-corrected chi connectivity index (χ3v) is 6.25. The molecule has 1 heterocycles. The zero-order valence-electron chi connectivity index (χ0n) is 12.9. The monoisotopic (exact) mass is 327 g/mol. The van der Waals surface area contributed by atoms with Gasteiger partial charge in [0.2, 0.25) is 5.91 Å². The van der Waals surface area contributed by atoms with E-state index in [1.165, 1.54) is 4.88 Å². The van der Waals surface area contributed by atoms with Gasteiger partial charge >= 0.3 is 0 Å². The first-order chi connectivity index (χ1) is 9.89. The lowest BCUT2D eigenvalue weighted by Gasteiger charge is -2.40. The Bertz CT molecular complexity index is 447. The third kappa shape index (κ3) is 5.64. The van der Waals surface area contributed by atoms with Gasteiger partial charge in [-0.3, -0.25) is 4.79 Å². The molecule has 1 aromatic heterocycles. The molecule has 0 unspecified atom stereocenters. The molecule has 1 amide bonds. The Morgan fingerprint density at radius 1 is 1.38 bits per heavy atom. The van der Waals surface area contributed by atoms with Crippen LogP contribution in [0.5, 0.6) is 0 Å².